The summed E-state index contributed by atoms with van der Waals surface area (Å²) in [6.45, 7) is 5.71. The van der Waals surface area contributed by atoms with Crippen molar-refractivity contribution in [3.63, 3.8) is 0 Å². The number of ether oxygens (including phenoxy) is 1. The molecule has 5 nitrogen and oxygen atoms in total. The van der Waals surface area contributed by atoms with Crippen molar-refractivity contribution in [1.29, 1.82) is 0 Å². The molecule has 4 aromatic rings. The van der Waals surface area contributed by atoms with Crippen molar-refractivity contribution >= 4 is 17.1 Å². The highest BCUT2D eigenvalue weighted by atomic mass is 16.5. The Hall–Kier alpha value is -4.12. The smallest absolute Gasteiger partial charge is 0.169 e. The molecule has 0 amide bonds. The molecule has 0 bridgehead atoms. The third-order valence-electron chi connectivity index (χ3n) is 5.18. The van der Waals surface area contributed by atoms with Gasteiger partial charge in [0, 0.05) is 5.69 Å². The van der Waals surface area contributed by atoms with Crippen molar-refractivity contribution in [2.24, 2.45) is 0 Å². The number of anilines is 3. The molecular weight excluding hydrogens is 402 g/mol. The second-order valence-electron chi connectivity index (χ2n) is 7.89. The molecule has 0 unspecified atom stereocenters. The predicted molar refractivity (Wildman–Crippen MR) is 127 cm³/mol. The zero-order chi connectivity index (χ0) is 22.8. The van der Waals surface area contributed by atoms with E-state index < -0.39 is 0 Å². The fourth-order valence-corrected chi connectivity index (χ4v) is 3.56. The molecule has 0 heterocycles. The van der Waals surface area contributed by atoms with Crippen LogP contribution in [0.5, 0.6) is 28.7 Å². The van der Waals surface area contributed by atoms with Gasteiger partial charge in [0.2, 0.25) is 0 Å². The van der Waals surface area contributed by atoms with Gasteiger partial charge in [0.15, 0.2) is 11.5 Å². The number of phenols is 3. The highest BCUT2D eigenvalue weighted by molar-refractivity contribution is 5.83. The third-order valence-corrected chi connectivity index (χ3v) is 5.18. The largest absolute Gasteiger partial charge is 0.506 e. The molecule has 3 N–H and O–H groups in total. The van der Waals surface area contributed by atoms with Gasteiger partial charge in [-0.15, -0.1) is 0 Å². The fourth-order valence-electron chi connectivity index (χ4n) is 3.56. The summed E-state index contributed by atoms with van der Waals surface area (Å²) >= 11 is 0. The van der Waals surface area contributed by atoms with E-state index in [0.29, 0.717) is 22.9 Å². The van der Waals surface area contributed by atoms with Crippen LogP contribution in [0.2, 0.25) is 0 Å². The quantitative estimate of drug-likeness (QED) is 0.320. The SMILES string of the molecule is Cc1ccc(Oc2ccc(N(c3ccc(C)cc3O)c3ccc(C)cc3O)cc2)c(O)c1. The summed E-state index contributed by atoms with van der Waals surface area (Å²) in [5, 5.41) is 31.4. The first-order valence-electron chi connectivity index (χ1n) is 10.3. The topological polar surface area (TPSA) is 73.2 Å². The van der Waals surface area contributed by atoms with E-state index in [4.69, 9.17) is 4.74 Å². The van der Waals surface area contributed by atoms with Crippen LogP contribution in [0.4, 0.5) is 17.1 Å². The molecule has 0 radical (unpaired) electrons. The highest BCUT2D eigenvalue weighted by Gasteiger charge is 2.19. The number of phenolic OH excluding ortho intramolecular Hbond substituents is 3. The summed E-state index contributed by atoms with van der Waals surface area (Å²) in [5.74, 6) is 1.20. The molecule has 0 atom stereocenters. The van der Waals surface area contributed by atoms with E-state index in [1.54, 1.807) is 41.3 Å². The normalized spacial score (nSPS) is 10.7. The Morgan fingerprint density at radius 2 is 1.03 bits per heavy atom. The van der Waals surface area contributed by atoms with Crippen molar-refractivity contribution in [3.8, 4) is 28.7 Å². The lowest BCUT2D eigenvalue weighted by molar-refractivity contribution is 0.411. The summed E-state index contributed by atoms with van der Waals surface area (Å²) in [6.07, 6.45) is 0. The van der Waals surface area contributed by atoms with E-state index in [1.807, 2.05) is 63.2 Å². The number of nitrogens with zero attached hydrogens (tertiary/aromatic N) is 1. The summed E-state index contributed by atoms with van der Waals surface area (Å²) in [4.78, 5) is 1.79. The summed E-state index contributed by atoms with van der Waals surface area (Å²) in [7, 11) is 0. The average Bonchev–Trinajstić information content (AvgIpc) is 2.74. The van der Waals surface area contributed by atoms with Crippen LogP contribution in [0.3, 0.4) is 0 Å². The Morgan fingerprint density at radius 1 is 0.562 bits per heavy atom. The minimum atomic E-state index is 0.0739. The second kappa shape index (κ2) is 8.55. The summed E-state index contributed by atoms with van der Waals surface area (Å²) in [6, 6.07) is 23.3. The molecule has 0 saturated heterocycles. The second-order valence-corrected chi connectivity index (χ2v) is 7.89. The molecule has 0 aliphatic rings. The molecule has 32 heavy (non-hydrogen) atoms. The third kappa shape index (κ3) is 4.32. The molecule has 0 aliphatic heterocycles. The van der Waals surface area contributed by atoms with Crippen LogP contribution in [0.25, 0.3) is 0 Å². The zero-order valence-electron chi connectivity index (χ0n) is 18.2. The van der Waals surface area contributed by atoms with Gasteiger partial charge in [-0.1, -0.05) is 18.2 Å². The lowest BCUT2D eigenvalue weighted by Gasteiger charge is -2.27. The van der Waals surface area contributed by atoms with Crippen LogP contribution in [0, 0.1) is 20.8 Å². The van der Waals surface area contributed by atoms with Crippen molar-refractivity contribution in [1.82, 2.24) is 0 Å². The van der Waals surface area contributed by atoms with Crippen LogP contribution < -0.4 is 9.64 Å². The van der Waals surface area contributed by atoms with Crippen LogP contribution in [-0.4, -0.2) is 15.3 Å². The van der Waals surface area contributed by atoms with E-state index in [-0.39, 0.29) is 17.2 Å². The fraction of sp³-hybridized carbons (Fsp3) is 0.111. The minimum absolute atomic E-state index is 0.0739. The van der Waals surface area contributed by atoms with Gasteiger partial charge in [-0.25, -0.2) is 0 Å². The minimum Gasteiger partial charge on any atom is -0.506 e. The molecule has 5 heteroatoms. The van der Waals surface area contributed by atoms with Crippen LogP contribution in [-0.2, 0) is 0 Å². The maximum Gasteiger partial charge on any atom is 0.169 e. The Labute approximate surface area is 187 Å². The van der Waals surface area contributed by atoms with E-state index in [9.17, 15) is 15.3 Å². The molecule has 4 aromatic carbocycles. The first-order chi connectivity index (χ1) is 15.3. The van der Waals surface area contributed by atoms with Gasteiger partial charge in [-0.2, -0.15) is 0 Å². The van der Waals surface area contributed by atoms with Crippen molar-refractivity contribution in [3.05, 3.63) is 95.6 Å². The standard InChI is InChI=1S/C27H25NO4/c1-17-4-11-22(24(29)14-17)28(23-12-5-18(2)15-25(23)30)20-7-9-21(10-8-20)32-27-13-6-19(3)16-26(27)31/h4-16,29-31H,1-3H3. The number of aryl methyl sites for hydroxylation is 3. The molecule has 0 aliphatic carbocycles. The van der Waals surface area contributed by atoms with E-state index in [1.165, 1.54) is 0 Å². The molecule has 0 saturated carbocycles. The van der Waals surface area contributed by atoms with Gasteiger partial charge < -0.3 is 25.0 Å². The monoisotopic (exact) mass is 427 g/mol. The average molecular weight is 428 g/mol. The van der Waals surface area contributed by atoms with Crippen LogP contribution >= 0.6 is 0 Å². The highest BCUT2D eigenvalue weighted by Crippen LogP contribution is 2.44. The molecule has 0 spiro atoms. The summed E-state index contributed by atoms with van der Waals surface area (Å²) in [5.41, 5.74) is 4.61. The number of hydrogen-bond donors (Lipinski definition) is 3. The molecule has 0 fully saturated rings. The van der Waals surface area contributed by atoms with Gasteiger partial charge >= 0.3 is 0 Å². The van der Waals surface area contributed by atoms with Gasteiger partial charge in [-0.05, 0) is 98.1 Å². The number of aromatic hydroxyl groups is 3. The maximum atomic E-state index is 10.7. The van der Waals surface area contributed by atoms with E-state index in [2.05, 4.69) is 0 Å². The van der Waals surface area contributed by atoms with E-state index in [0.717, 1.165) is 22.4 Å². The van der Waals surface area contributed by atoms with Gasteiger partial charge in [0.25, 0.3) is 0 Å². The van der Waals surface area contributed by atoms with E-state index >= 15 is 0 Å². The number of rotatable bonds is 5. The molecule has 162 valence electrons. The van der Waals surface area contributed by atoms with Crippen molar-refractivity contribution < 1.29 is 20.1 Å². The number of hydrogen-bond acceptors (Lipinski definition) is 5. The lowest BCUT2D eigenvalue weighted by Crippen LogP contribution is -2.10. The van der Waals surface area contributed by atoms with Crippen LogP contribution in [0.1, 0.15) is 16.7 Å². The Bertz CT molecular complexity index is 1210. The molecule has 0 aromatic heterocycles. The van der Waals surface area contributed by atoms with Crippen molar-refractivity contribution in [2.45, 2.75) is 20.8 Å². The Balaban J connectivity index is 1.74. The molecular formula is C27H25NO4. The first-order valence-corrected chi connectivity index (χ1v) is 10.3. The van der Waals surface area contributed by atoms with Gasteiger partial charge in [-0.3, -0.25) is 0 Å². The van der Waals surface area contributed by atoms with Gasteiger partial charge in [0.1, 0.15) is 17.2 Å². The Morgan fingerprint density at radius 3 is 1.50 bits per heavy atom. The Kier molecular flexibility index (Phi) is 5.65. The van der Waals surface area contributed by atoms with Crippen LogP contribution in [0.15, 0.2) is 78.9 Å². The zero-order valence-corrected chi connectivity index (χ0v) is 18.2. The maximum absolute atomic E-state index is 10.7. The lowest BCUT2D eigenvalue weighted by atomic mass is 10.1. The number of benzene rings is 4. The van der Waals surface area contributed by atoms with Crippen molar-refractivity contribution in [2.75, 3.05) is 4.90 Å². The predicted octanol–water partition coefficient (Wildman–Crippen LogP) is 6.99. The first kappa shape index (κ1) is 21.1. The summed E-state index contributed by atoms with van der Waals surface area (Å²) < 4.78 is 5.82. The molecule has 4 rings (SSSR count). The van der Waals surface area contributed by atoms with Gasteiger partial charge in [0.05, 0.1) is 11.4 Å².